The summed E-state index contributed by atoms with van der Waals surface area (Å²) in [4.78, 5) is 1.27. The highest BCUT2D eigenvalue weighted by Gasteiger charge is 2.18. The van der Waals surface area contributed by atoms with Crippen LogP contribution in [-0.4, -0.2) is 13.2 Å². The average Bonchev–Trinajstić information content (AvgIpc) is 2.59. The third-order valence-electron chi connectivity index (χ3n) is 3.44. The molecule has 1 aromatic heterocycles. The summed E-state index contributed by atoms with van der Waals surface area (Å²) in [5.41, 5.74) is 7.24. The van der Waals surface area contributed by atoms with Crippen molar-refractivity contribution in [2.45, 2.75) is 32.7 Å². The molecule has 2 N–H and O–H groups in total. The Morgan fingerprint density at radius 3 is 2.53 bits per heavy atom. The van der Waals surface area contributed by atoms with Crippen LogP contribution in [0.4, 0.5) is 0 Å². The second-order valence-corrected chi connectivity index (χ2v) is 6.28. The lowest BCUT2D eigenvalue weighted by molar-refractivity contribution is 0.297. The molecule has 102 valence electrons. The molecule has 0 aliphatic carbocycles. The number of nitrogens with two attached hydrogens (primary N) is 1. The van der Waals surface area contributed by atoms with Crippen molar-refractivity contribution >= 4 is 21.4 Å². The van der Waals surface area contributed by atoms with Crippen LogP contribution in [0.15, 0.2) is 12.1 Å². The summed E-state index contributed by atoms with van der Waals surface area (Å²) in [6.45, 7) is 6.47. The van der Waals surface area contributed by atoms with Gasteiger partial charge in [0.1, 0.15) is 0 Å². The Kier molecular flexibility index (Phi) is 3.37. The van der Waals surface area contributed by atoms with Gasteiger partial charge in [0, 0.05) is 34.0 Å². The third-order valence-corrected chi connectivity index (χ3v) is 4.63. The minimum absolute atomic E-state index is 0.469. The first-order valence-corrected chi connectivity index (χ1v) is 7.57. The number of fused-ring (bicyclic) bond motifs is 2. The van der Waals surface area contributed by atoms with Crippen LogP contribution in [0.5, 0.6) is 11.5 Å². The summed E-state index contributed by atoms with van der Waals surface area (Å²) in [5.74, 6) is 2.20. The molecule has 0 spiro atoms. The standard InChI is InChI=1S/C15H19NO2S/c1-9(2)15-10-6-11-12(18-5-3-4-17-11)7-13(10)19-14(15)8-16/h6-7,9H,3-5,8,16H2,1-2H3. The van der Waals surface area contributed by atoms with Gasteiger partial charge in [-0.05, 0) is 17.5 Å². The zero-order chi connectivity index (χ0) is 13.4. The van der Waals surface area contributed by atoms with Crippen molar-refractivity contribution in [1.29, 1.82) is 0 Å². The van der Waals surface area contributed by atoms with Crippen molar-refractivity contribution < 1.29 is 9.47 Å². The summed E-state index contributed by atoms with van der Waals surface area (Å²) in [5, 5.41) is 1.27. The molecule has 0 atom stereocenters. The van der Waals surface area contributed by atoms with Crippen LogP contribution in [0.3, 0.4) is 0 Å². The number of benzene rings is 1. The van der Waals surface area contributed by atoms with Gasteiger partial charge < -0.3 is 15.2 Å². The van der Waals surface area contributed by atoms with Crippen LogP contribution in [0.25, 0.3) is 10.1 Å². The van der Waals surface area contributed by atoms with Gasteiger partial charge in [-0.15, -0.1) is 11.3 Å². The Morgan fingerprint density at radius 1 is 1.21 bits per heavy atom. The van der Waals surface area contributed by atoms with E-state index in [4.69, 9.17) is 15.2 Å². The van der Waals surface area contributed by atoms with Crippen molar-refractivity contribution in [1.82, 2.24) is 0 Å². The van der Waals surface area contributed by atoms with Crippen LogP contribution in [0.2, 0.25) is 0 Å². The van der Waals surface area contributed by atoms with Crippen molar-refractivity contribution in [3.05, 3.63) is 22.6 Å². The average molecular weight is 277 g/mol. The van der Waals surface area contributed by atoms with Crippen LogP contribution in [0, 0.1) is 0 Å². The molecule has 1 aliphatic rings. The fourth-order valence-electron chi connectivity index (χ4n) is 2.61. The molecule has 2 heterocycles. The quantitative estimate of drug-likeness (QED) is 0.911. The first-order chi connectivity index (χ1) is 9.20. The van der Waals surface area contributed by atoms with Gasteiger partial charge in [0.2, 0.25) is 0 Å². The lowest BCUT2D eigenvalue weighted by Crippen LogP contribution is -1.99. The molecule has 0 bridgehead atoms. The largest absolute Gasteiger partial charge is 0.490 e. The Hall–Kier alpha value is -1.26. The summed E-state index contributed by atoms with van der Waals surface area (Å²) in [7, 11) is 0. The van der Waals surface area contributed by atoms with Gasteiger partial charge in [0.15, 0.2) is 11.5 Å². The Bertz CT molecular complexity index is 604. The predicted molar refractivity (Wildman–Crippen MR) is 79.4 cm³/mol. The maximum atomic E-state index is 5.88. The maximum Gasteiger partial charge on any atom is 0.162 e. The van der Waals surface area contributed by atoms with Gasteiger partial charge in [-0.1, -0.05) is 13.8 Å². The first kappa shape index (κ1) is 12.8. The molecule has 0 saturated carbocycles. The molecule has 19 heavy (non-hydrogen) atoms. The normalized spacial score (nSPS) is 14.9. The van der Waals surface area contributed by atoms with E-state index >= 15 is 0 Å². The molecule has 2 aromatic rings. The molecule has 0 saturated heterocycles. The zero-order valence-electron chi connectivity index (χ0n) is 11.4. The number of hydrogen-bond acceptors (Lipinski definition) is 4. The van der Waals surface area contributed by atoms with Crippen molar-refractivity contribution in [3.8, 4) is 11.5 Å². The minimum Gasteiger partial charge on any atom is -0.490 e. The molecule has 1 aliphatic heterocycles. The van der Waals surface area contributed by atoms with Crippen molar-refractivity contribution in [3.63, 3.8) is 0 Å². The van der Waals surface area contributed by atoms with Gasteiger partial charge in [0.25, 0.3) is 0 Å². The molecule has 3 rings (SSSR count). The van der Waals surface area contributed by atoms with Crippen LogP contribution >= 0.6 is 11.3 Å². The van der Waals surface area contributed by atoms with Crippen LogP contribution in [0.1, 0.15) is 36.6 Å². The van der Waals surface area contributed by atoms with E-state index in [1.54, 1.807) is 11.3 Å². The minimum atomic E-state index is 0.469. The third kappa shape index (κ3) is 2.19. The fourth-order valence-corrected chi connectivity index (χ4v) is 3.86. The molecule has 0 radical (unpaired) electrons. The highest BCUT2D eigenvalue weighted by molar-refractivity contribution is 7.19. The van der Waals surface area contributed by atoms with Gasteiger partial charge >= 0.3 is 0 Å². The summed E-state index contributed by atoms with van der Waals surface area (Å²) < 4.78 is 12.8. The van der Waals surface area contributed by atoms with Gasteiger partial charge in [-0.3, -0.25) is 0 Å². The molecule has 1 aromatic carbocycles. The summed E-state index contributed by atoms with van der Waals surface area (Å²) >= 11 is 1.77. The molecule has 4 heteroatoms. The number of thiophene rings is 1. The molecule has 0 unspecified atom stereocenters. The summed E-state index contributed by atoms with van der Waals surface area (Å²) in [6.07, 6.45) is 0.938. The monoisotopic (exact) mass is 277 g/mol. The predicted octanol–water partition coefficient (Wildman–Crippen LogP) is 3.64. The molecule has 0 fully saturated rings. The van der Waals surface area contributed by atoms with Gasteiger partial charge in [-0.25, -0.2) is 0 Å². The highest BCUT2D eigenvalue weighted by atomic mass is 32.1. The van der Waals surface area contributed by atoms with E-state index in [1.165, 1.54) is 20.5 Å². The topological polar surface area (TPSA) is 44.5 Å². The fraction of sp³-hybridized carbons (Fsp3) is 0.467. The lowest BCUT2D eigenvalue weighted by atomic mass is 9.99. The molecule has 0 amide bonds. The Balaban J connectivity index is 2.22. The van der Waals surface area contributed by atoms with E-state index in [1.807, 2.05) is 0 Å². The van der Waals surface area contributed by atoms with E-state index in [9.17, 15) is 0 Å². The van der Waals surface area contributed by atoms with E-state index in [2.05, 4.69) is 26.0 Å². The van der Waals surface area contributed by atoms with E-state index in [0.717, 1.165) is 31.1 Å². The second-order valence-electron chi connectivity index (χ2n) is 5.14. The van der Waals surface area contributed by atoms with Gasteiger partial charge in [-0.2, -0.15) is 0 Å². The zero-order valence-corrected chi connectivity index (χ0v) is 12.2. The second kappa shape index (κ2) is 5.02. The highest BCUT2D eigenvalue weighted by Crippen LogP contribution is 2.42. The first-order valence-electron chi connectivity index (χ1n) is 6.75. The maximum absolute atomic E-state index is 5.88. The van der Waals surface area contributed by atoms with Crippen molar-refractivity contribution in [2.75, 3.05) is 13.2 Å². The SMILES string of the molecule is CC(C)c1c(CN)sc2cc3c(cc12)OCCCO3. The lowest BCUT2D eigenvalue weighted by Gasteiger charge is -2.10. The smallest absolute Gasteiger partial charge is 0.162 e. The van der Waals surface area contributed by atoms with Crippen LogP contribution in [-0.2, 0) is 6.54 Å². The number of rotatable bonds is 2. The van der Waals surface area contributed by atoms with E-state index < -0.39 is 0 Å². The van der Waals surface area contributed by atoms with E-state index in [0.29, 0.717) is 12.5 Å². The van der Waals surface area contributed by atoms with Crippen LogP contribution < -0.4 is 15.2 Å². The summed E-state index contributed by atoms with van der Waals surface area (Å²) in [6, 6.07) is 4.23. The molecular weight excluding hydrogens is 258 g/mol. The molecule has 3 nitrogen and oxygen atoms in total. The number of ether oxygens (including phenoxy) is 2. The number of hydrogen-bond donors (Lipinski definition) is 1. The molecular formula is C15H19NO2S. The van der Waals surface area contributed by atoms with Gasteiger partial charge in [0.05, 0.1) is 13.2 Å². The van der Waals surface area contributed by atoms with E-state index in [-0.39, 0.29) is 0 Å². The Labute approximate surface area is 117 Å². The van der Waals surface area contributed by atoms with Crippen molar-refractivity contribution in [2.24, 2.45) is 5.73 Å². The Morgan fingerprint density at radius 2 is 1.89 bits per heavy atom.